The smallest absolute Gasteiger partial charge is 0.285 e. The van der Waals surface area contributed by atoms with E-state index < -0.39 is 0 Å². The van der Waals surface area contributed by atoms with Crippen LogP contribution < -0.4 is 0 Å². The van der Waals surface area contributed by atoms with Gasteiger partial charge in [-0.25, -0.2) is 0 Å². The molecule has 1 aliphatic carbocycles. The van der Waals surface area contributed by atoms with Crippen molar-refractivity contribution in [3.63, 3.8) is 0 Å². The van der Waals surface area contributed by atoms with Gasteiger partial charge in [0.1, 0.15) is 0 Å². The monoisotopic (exact) mass is 273 g/mol. The molecule has 2 atom stereocenters. The summed E-state index contributed by atoms with van der Waals surface area (Å²) in [5.74, 6) is -0.0606. The molecule has 0 N–H and O–H groups in total. The van der Waals surface area contributed by atoms with Crippen LogP contribution in [0.15, 0.2) is 0 Å². The Morgan fingerprint density at radius 1 is 1.47 bits per heavy atom. The summed E-state index contributed by atoms with van der Waals surface area (Å²) in [5.41, 5.74) is 0. The fraction of sp³-hybridized carbons (Fsp3) is 0.700. The summed E-state index contributed by atoms with van der Waals surface area (Å²) in [7, 11) is 0. The first kappa shape index (κ1) is 11.4. The van der Waals surface area contributed by atoms with Gasteiger partial charge < -0.3 is 9.64 Å². The van der Waals surface area contributed by atoms with Crippen molar-refractivity contribution in [2.75, 3.05) is 13.2 Å². The van der Waals surface area contributed by atoms with Gasteiger partial charge in [-0.2, -0.15) is 0 Å². The van der Waals surface area contributed by atoms with Crippen LogP contribution in [0.5, 0.6) is 0 Å². The minimum Gasteiger partial charge on any atom is -0.374 e. The predicted molar refractivity (Wildman–Crippen MR) is 63.3 cm³/mol. The van der Waals surface area contributed by atoms with Gasteiger partial charge in [-0.05, 0) is 30.9 Å². The average molecular weight is 274 g/mol. The third kappa shape index (κ3) is 2.05. The number of nitrogens with zero attached hydrogens (tertiary/aromatic N) is 3. The third-order valence-corrected chi connectivity index (χ3v) is 4.33. The van der Waals surface area contributed by atoms with Crippen LogP contribution in [0, 0.1) is 0 Å². The van der Waals surface area contributed by atoms with Gasteiger partial charge in [0.15, 0.2) is 0 Å². The van der Waals surface area contributed by atoms with Crippen molar-refractivity contribution in [1.29, 1.82) is 0 Å². The fourth-order valence-electron chi connectivity index (χ4n) is 2.59. The van der Waals surface area contributed by atoms with Crippen LogP contribution in [-0.2, 0) is 4.74 Å². The molecule has 0 spiro atoms. The highest BCUT2D eigenvalue weighted by Gasteiger charge is 2.39. The number of halogens is 1. The van der Waals surface area contributed by atoms with Crippen molar-refractivity contribution in [2.24, 2.45) is 0 Å². The van der Waals surface area contributed by atoms with Crippen molar-refractivity contribution < 1.29 is 9.53 Å². The topological polar surface area (TPSA) is 55.3 Å². The molecule has 1 aromatic heterocycles. The molecular formula is C10H12ClN3O2S. The van der Waals surface area contributed by atoms with Gasteiger partial charge in [-0.15, -0.1) is 10.2 Å². The normalized spacial score (nSPS) is 28.2. The Labute approximate surface area is 108 Å². The molecule has 2 aliphatic rings. The zero-order valence-electron chi connectivity index (χ0n) is 9.13. The van der Waals surface area contributed by atoms with E-state index in [0.717, 1.165) is 30.6 Å². The molecule has 1 amide bonds. The molecule has 17 heavy (non-hydrogen) atoms. The first-order chi connectivity index (χ1) is 8.25. The first-order valence-electron chi connectivity index (χ1n) is 5.67. The van der Waals surface area contributed by atoms with E-state index in [1.165, 1.54) is 0 Å². The van der Waals surface area contributed by atoms with Crippen molar-refractivity contribution in [2.45, 2.75) is 31.4 Å². The largest absolute Gasteiger partial charge is 0.374 e. The van der Waals surface area contributed by atoms with E-state index in [4.69, 9.17) is 16.3 Å². The summed E-state index contributed by atoms with van der Waals surface area (Å²) in [6.45, 7) is 1.25. The Bertz CT molecular complexity index is 439. The summed E-state index contributed by atoms with van der Waals surface area (Å²) >= 11 is 6.84. The number of aromatic nitrogens is 2. The van der Waals surface area contributed by atoms with Crippen LogP contribution in [0.4, 0.5) is 0 Å². The van der Waals surface area contributed by atoms with Gasteiger partial charge >= 0.3 is 0 Å². The Kier molecular flexibility index (Phi) is 3.02. The molecule has 0 radical (unpaired) electrons. The van der Waals surface area contributed by atoms with Crippen LogP contribution in [0.25, 0.3) is 0 Å². The predicted octanol–water partition coefficient (Wildman–Crippen LogP) is 1.58. The third-order valence-electron chi connectivity index (χ3n) is 3.33. The molecule has 2 unspecified atom stereocenters. The lowest BCUT2D eigenvalue weighted by atomic mass is 10.1. The molecular weight excluding hydrogens is 262 g/mol. The van der Waals surface area contributed by atoms with Crippen molar-refractivity contribution >= 4 is 28.8 Å². The number of amides is 1. The maximum Gasteiger partial charge on any atom is 0.285 e. The lowest BCUT2D eigenvalue weighted by molar-refractivity contribution is -0.0445. The summed E-state index contributed by atoms with van der Waals surface area (Å²) in [6.07, 6.45) is 3.39. The van der Waals surface area contributed by atoms with E-state index in [1.807, 2.05) is 4.90 Å². The maximum absolute atomic E-state index is 12.3. The molecule has 2 heterocycles. The molecule has 3 rings (SSSR count). The molecule has 2 fully saturated rings. The number of hydrogen-bond acceptors (Lipinski definition) is 5. The van der Waals surface area contributed by atoms with Crippen LogP contribution >= 0.6 is 22.9 Å². The lowest BCUT2D eigenvalue weighted by Crippen LogP contribution is -2.51. The molecule has 1 saturated carbocycles. The van der Waals surface area contributed by atoms with Gasteiger partial charge in [0.2, 0.25) is 9.47 Å². The highest BCUT2D eigenvalue weighted by Crippen LogP contribution is 2.31. The van der Waals surface area contributed by atoms with Crippen molar-refractivity contribution in [1.82, 2.24) is 15.1 Å². The Morgan fingerprint density at radius 2 is 2.35 bits per heavy atom. The summed E-state index contributed by atoms with van der Waals surface area (Å²) in [4.78, 5) is 14.1. The van der Waals surface area contributed by atoms with Crippen molar-refractivity contribution in [3.05, 3.63) is 9.47 Å². The van der Waals surface area contributed by atoms with Crippen LogP contribution in [0.3, 0.4) is 0 Å². The van der Waals surface area contributed by atoms with Crippen LogP contribution in [-0.4, -0.2) is 46.3 Å². The summed E-state index contributed by atoms with van der Waals surface area (Å²) in [5, 5.41) is 7.86. The summed E-state index contributed by atoms with van der Waals surface area (Å²) in [6, 6.07) is 0.207. The maximum atomic E-state index is 12.3. The Morgan fingerprint density at radius 3 is 3.12 bits per heavy atom. The molecule has 1 aliphatic heterocycles. The van der Waals surface area contributed by atoms with E-state index in [9.17, 15) is 4.79 Å². The first-order valence-corrected chi connectivity index (χ1v) is 6.87. The van der Waals surface area contributed by atoms with E-state index in [2.05, 4.69) is 10.2 Å². The second kappa shape index (κ2) is 4.51. The minimum atomic E-state index is -0.0606. The highest BCUT2D eigenvalue weighted by molar-refractivity contribution is 7.17. The second-order valence-electron chi connectivity index (χ2n) is 4.27. The van der Waals surface area contributed by atoms with Crippen molar-refractivity contribution in [3.8, 4) is 0 Å². The van der Waals surface area contributed by atoms with Gasteiger partial charge in [-0.3, -0.25) is 4.79 Å². The summed E-state index contributed by atoms with van der Waals surface area (Å²) < 4.78 is 5.98. The minimum absolute atomic E-state index is 0.0606. The number of morpholine rings is 1. The zero-order chi connectivity index (χ0) is 11.8. The number of carbonyl (C=O) groups is 1. The SMILES string of the molecule is O=C(c1nnc(Cl)s1)N1CCOC2CCCC21. The molecule has 1 aromatic rings. The molecule has 92 valence electrons. The number of ether oxygens (including phenoxy) is 1. The highest BCUT2D eigenvalue weighted by atomic mass is 35.5. The van der Waals surface area contributed by atoms with Gasteiger partial charge in [0.05, 0.1) is 18.8 Å². The molecule has 0 bridgehead atoms. The van der Waals surface area contributed by atoms with Gasteiger partial charge in [0, 0.05) is 6.54 Å². The van der Waals surface area contributed by atoms with E-state index >= 15 is 0 Å². The molecule has 5 nitrogen and oxygen atoms in total. The fourth-order valence-corrected chi connectivity index (χ4v) is 3.38. The lowest BCUT2D eigenvalue weighted by Gasteiger charge is -2.37. The van der Waals surface area contributed by atoms with Crippen LogP contribution in [0.1, 0.15) is 29.1 Å². The second-order valence-corrected chi connectivity index (χ2v) is 5.83. The number of fused-ring (bicyclic) bond motifs is 1. The molecule has 7 heteroatoms. The Hall–Kier alpha value is -0.720. The number of rotatable bonds is 1. The van der Waals surface area contributed by atoms with E-state index in [0.29, 0.717) is 22.6 Å². The van der Waals surface area contributed by atoms with E-state index in [-0.39, 0.29) is 18.1 Å². The van der Waals surface area contributed by atoms with Gasteiger partial charge in [-0.1, -0.05) is 11.3 Å². The number of hydrogen-bond donors (Lipinski definition) is 0. The number of carbonyl (C=O) groups excluding carboxylic acids is 1. The zero-order valence-corrected chi connectivity index (χ0v) is 10.7. The molecule has 1 saturated heterocycles. The quantitative estimate of drug-likeness (QED) is 0.780. The van der Waals surface area contributed by atoms with Gasteiger partial charge in [0.25, 0.3) is 5.91 Å². The van der Waals surface area contributed by atoms with Crippen LogP contribution in [0.2, 0.25) is 4.47 Å². The average Bonchev–Trinajstić information content (AvgIpc) is 2.95. The standard InChI is InChI=1S/C10H12ClN3O2S/c11-10-13-12-8(17-10)9(15)14-4-5-16-7-3-1-2-6(7)14/h6-7H,1-5H2. The Balaban J connectivity index is 1.81. The molecule has 0 aromatic carbocycles. The van der Waals surface area contributed by atoms with E-state index in [1.54, 1.807) is 0 Å².